The first kappa shape index (κ1) is 17.2. The lowest BCUT2D eigenvalue weighted by molar-refractivity contribution is -0.123. The predicted octanol–water partition coefficient (Wildman–Crippen LogP) is 4.18. The third kappa shape index (κ3) is 4.93. The Morgan fingerprint density at radius 3 is 2.78 bits per heavy atom. The van der Waals surface area contributed by atoms with E-state index in [-0.39, 0.29) is 12.5 Å². The van der Waals surface area contributed by atoms with E-state index in [4.69, 9.17) is 4.74 Å². The van der Waals surface area contributed by atoms with Crippen molar-refractivity contribution in [1.82, 2.24) is 5.43 Å². The van der Waals surface area contributed by atoms with Gasteiger partial charge in [-0.3, -0.25) is 4.79 Å². The third-order valence-corrected chi connectivity index (χ3v) is 4.63. The van der Waals surface area contributed by atoms with Crippen LogP contribution in [0.5, 0.6) is 5.75 Å². The lowest BCUT2D eigenvalue weighted by Crippen LogP contribution is -2.25. The molecule has 2 rings (SSSR count). The van der Waals surface area contributed by atoms with Crippen molar-refractivity contribution in [2.75, 3.05) is 6.61 Å². The molecule has 23 heavy (non-hydrogen) atoms. The van der Waals surface area contributed by atoms with Crippen molar-refractivity contribution in [1.29, 1.82) is 0 Å². The standard InChI is InChI=1S/C18H22N2O2S/c1-4-13(2)15-8-5-6-9-16(15)22-12-18(21)20-19-14(3)17-10-7-11-23-17/h5-11,13H,4,12H2,1-3H3,(H,20,21)/b19-14+. The van der Waals surface area contributed by atoms with E-state index in [0.717, 1.165) is 28.3 Å². The van der Waals surface area contributed by atoms with Gasteiger partial charge in [-0.25, -0.2) is 5.43 Å². The number of carbonyl (C=O) groups is 1. The third-order valence-electron chi connectivity index (χ3n) is 3.65. The van der Waals surface area contributed by atoms with Gasteiger partial charge in [0.05, 0.1) is 5.71 Å². The van der Waals surface area contributed by atoms with Gasteiger partial charge in [0, 0.05) is 4.88 Å². The Morgan fingerprint density at radius 2 is 2.09 bits per heavy atom. The maximum absolute atomic E-state index is 11.9. The molecule has 0 radical (unpaired) electrons. The van der Waals surface area contributed by atoms with Crippen LogP contribution in [0.2, 0.25) is 0 Å². The topological polar surface area (TPSA) is 50.7 Å². The van der Waals surface area contributed by atoms with E-state index >= 15 is 0 Å². The first-order valence-electron chi connectivity index (χ1n) is 7.70. The summed E-state index contributed by atoms with van der Waals surface area (Å²) in [5, 5.41) is 6.08. The fraction of sp³-hybridized carbons (Fsp3) is 0.333. The van der Waals surface area contributed by atoms with Gasteiger partial charge < -0.3 is 4.74 Å². The molecule has 0 fully saturated rings. The summed E-state index contributed by atoms with van der Waals surface area (Å²) in [4.78, 5) is 12.9. The maximum Gasteiger partial charge on any atom is 0.277 e. The molecule has 1 aromatic carbocycles. The van der Waals surface area contributed by atoms with Crippen LogP contribution in [0.4, 0.5) is 0 Å². The smallest absolute Gasteiger partial charge is 0.277 e. The summed E-state index contributed by atoms with van der Waals surface area (Å²) in [5.41, 5.74) is 4.45. The van der Waals surface area contributed by atoms with Crippen LogP contribution >= 0.6 is 11.3 Å². The normalized spacial score (nSPS) is 12.7. The van der Waals surface area contributed by atoms with Crippen molar-refractivity contribution >= 4 is 23.0 Å². The highest BCUT2D eigenvalue weighted by Crippen LogP contribution is 2.28. The van der Waals surface area contributed by atoms with Crippen molar-refractivity contribution in [3.63, 3.8) is 0 Å². The zero-order valence-electron chi connectivity index (χ0n) is 13.7. The first-order chi connectivity index (χ1) is 11.1. The Hall–Kier alpha value is -2.14. The molecule has 0 spiro atoms. The minimum atomic E-state index is -0.264. The highest BCUT2D eigenvalue weighted by atomic mass is 32.1. The number of rotatable bonds is 7. The van der Waals surface area contributed by atoms with Crippen LogP contribution in [0.3, 0.4) is 0 Å². The number of hydrogen-bond acceptors (Lipinski definition) is 4. The van der Waals surface area contributed by atoms with Gasteiger partial charge in [-0.05, 0) is 42.3 Å². The number of thiophene rings is 1. The molecule has 4 nitrogen and oxygen atoms in total. The minimum Gasteiger partial charge on any atom is -0.483 e. The van der Waals surface area contributed by atoms with Crippen molar-refractivity contribution in [2.45, 2.75) is 33.1 Å². The Labute approximate surface area is 141 Å². The molecule has 1 atom stereocenters. The van der Waals surface area contributed by atoms with Gasteiger partial charge in [0.2, 0.25) is 0 Å². The van der Waals surface area contributed by atoms with Crippen molar-refractivity contribution in [3.8, 4) is 5.75 Å². The molecule has 0 saturated carbocycles. The highest BCUT2D eigenvalue weighted by molar-refractivity contribution is 7.12. The summed E-state index contributed by atoms with van der Waals surface area (Å²) >= 11 is 1.59. The highest BCUT2D eigenvalue weighted by Gasteiger charge is 2.11. The summed E-state index contributed by atoms with van der Waals surface area (Å²) in [6.45, 7) is 6.10. The van der Waals surface area contributed by atoms with Crippen LogP contribution in [0.25, 0.3) is 0 Å². The predicted molar refractivity (Wildman–Crippen MR) is 95.3 cm³/mol. The molecule has 0 aliphatic carbocycles. The van der Waals surface area contributed by atoms with E-state index in [1.807, 2.05) is 48.7 Å². The SMILES string of the molecule is CCC(C)c1ccccc1OCC(=O)N/N=C(\C)c1cccs1. The van der Waals surface area contributed by atoms with Gasteiger partial charge in [-0.15, -0.1) is 11.3 Å². The van der Waals surface area contributed by atoms with Crippen LogP contribution in [0.1, 0.15) is 43.6 Å². The van der Waals surface area contributed by atoms with Crippen LogP contribution < -0.4 is 10.2 Å². The molecular formula is C18H22N2O2S. The van der Waals surface area contributed by atoms with Gasteiger partial charge in [0.15, 0.2) is 6.61 Å². The number of hydrogen-bond donors (Lipinski definition) is 1. The lowest BCUT2D eigenvalue weighted by atomic mass is 9.98. The molecule has 1 amide bonds. The van der Waals surface area contributed by atoms with E-state index in [9.17, 15) is 4.79 Å². The van der Waals surface area contributed by atoms with Gasteiger partial charge in [-0.2, -0.15) is 5.10 Å². The Balaban J connectivity index is 1.91. The summed E-state index contributed by atoms with van der Waals surface area (Å²) in [6.07, 6.45) is 1.02. The second-order valence-electron chi connectivity index (χ2n) is 5.35. The monoisotopic (exact) mass is 330 g/mol. The molecule has 2 aromatic rings. The van der Waals surface area contributed by atoms with Crippen LogP contribution in [-0.4, -0.2) is 18.2 Å². The van der Waals surface area contributed by atoms with Gasteiger partial charge in [0.25, 0.3) is 5.91 Å². The van der Waals surface area contributed by atoms with Crippen LogP contribution in [-0.2, 0) is 4.79 Å². The second kappa shape index (κ2) is 8.48. The first-order valence-corrected chi connectivity index (χ1v) is 8.58. The molecule has 0 aliphatic heterocycles. The lowest BCUT2D eigenvalue weighted by Gasteiger charge is -2.15. The van der Waals surface area contributed by atoms with Crippen molar-refractivity contribution < 1.29 is 9.53 Å². The molecule has 0 aliphatic rings. The van der Waals surface area contributed by atoms with E-state index in [1.54, 1.807) is 11.3 Å². The molecular weight excluding hydrogens is 308 g/mol. The molecule has 1 heterocycles. The molecule has 1 unspecified atom stereocenters. The van der Waals surface area contributed by atoms with Crippen LogP contribution in [0.15, 0.2) is 46.9 Å². The Kier molecular flexibility index (Phi) is 6.35. The zero-order valence-corrected chi connectivity index (χ0v) is 14.5. The number of amides is 1. The number of hydrazone groups is 1. The van der Waals surface area contributed by atoms with E-state index in [0.29, 0.717) is 5.92 Å². The summed E-state index contributed by atoms with van der Waals surface area (Å²) < 4.78 is 5.67. The van der Waals surface area contributed by atoms with E-state index < -0.39 is 0 Å². The molecule has 0 saturated heterocycles. The Bertz CT molecular complexity index is 665. The zero-order chi connectivity index (χ0) is 16.7. The second-order valence-corrected chi connectivity index (χ2v) is 6.29. The minimum absolute atomic E-state index is 0.0470. The van der Waals surface area contributed by atoms with Gasteiger partial charge >= 0.3 is 0 Å². The van der Waals surface area contributed by atoms with Crippen molar-refractivity contribution in [3.05, 3.63) is 52.2 Å². The van der Waals surface area contributed by atoms with Crippen LogP contribution in [0, 0.1) is 0 Å². The number of nitrogens with zero attached hydrogens (tertiary/aromatic N) is 1. The number of nitrogens with one attached hydrogen (secondary N) is 1. The average molecular weight is 330 g/mol. The quantitative estimate of drug-likeness (QED) is 0.611. The molecule has 0 bridgehead atoms. The molecule has 1 aromatic heterocycles. The van der Waals surface area contributed by atoms with Gasteiger partial charge in [0.1, 0.15) is 5.75 Å². The summed E-state index contributed by atoms with van der Waals surface area (Å²) in [5.74, 6) is 0.893. The van der Waals surface area contributed by atoms with Gasteiger partial charge in [-0.1, -0.05) is 38.1 Å². The average Bonchev–Trinajstić information content (AvgIpc) is 3.12. The maximum atomic E-state index is 11.9. The molecule has 122 valence electrons. The summed E-state index contributed by atoms with van der Waals surface area (Å²) in [7, 11) is 0. The van der Waals surface area contributed by atoms with E-state index in [1.165, 1.54) is 0 Å². The molecule has 1 N–H and O–H groups in total. The largest absolute Gasteiger partial charge is 0.483 e. The molecule has 5 heteroatoms. The van der Waals surface area contributed by atoms with E-state index in [2.05, 4.69) is 24.4 Å². The number of ether oxygens (including phenoxy) is 1. The fourth-order valence-electron chi connectivity index (χ4n) is 2.10. The van der Waals surface area contributed by atoms with Crippen molar-refractivity contribution in [2.24, 2.45) is 5.10 Å². The Morgan fingerprint density at radius 1 is 1.30 bits per heavy atom. The fourth-order valence-corrected chi connectivity index (χ4v) is 2.78. The number of carbonyl (C=O) groups excluding carboxylic acids is 1. The number of para-hydroxylation sites is 1. The number of benzene rings is 1. The summed E-state index contributed by atoms with van der Waals surface area (Å²) in [6, 6.07) is 11.8.